The van der Waals surface area contributed by atoms with E-state index in [0.29, 0.717) is 0 Å². The van der Waals surface area contributed by atoms with E-state index in [9.17, 15) is 0 Å². The monoisotopic (exact) mass is 845 g/mol. The number of para-hydroxylation sites is 1. The van der Waals surface area contributed by atoms with Gasteiger partial charge in [0.15, 0.2) is 0 Å². The molecule has 9 aromatic carbocycles. The summed E-state index contributed by atoms with van der Waals surface area (Å²) in [5, 5.41) is 2.50. The summed E-state index contributed by atoms with van der Waals surface area (Å²) >= 11 is 0. The molecule has 2 unspecified atom stereocenters. The second-order valence-corrected chi connectivity index (χ2v) is 17.5. The van der Waals surface area contributed by atoms with Gasteiger partial charge in [-0.25, -0.2) is 0 Å². The molecule has 0 saturated carbocycles. The number of allylic oxidation sites excluding steroid dienone is 3. The Labute approximate surface area is 387 Å². The van der Waals surface area contributed by atoms with E-state index in [1.165, 1.54) is 72.2 Å². The Morgan fingerprint density at radius 2 is 1.03 bits per heavy atom. The Kier molecular flexibility index (Phi) is 10.2. The van der Waals surface area contributed by atoms with Crippen molar-refractivity contribution in [1.82, 2.24) is 0 Å². The zero-order valence-corrected chi connectivity index (χ0v) is 36.5. The summed E-state index contributed by atoms with van der Waals surface area (Å²) in [7, 11) is 0. The highest BCUT2D eigenvalue weighted by Crippen LogP contribution is 2.52. The van der Waals surface area contributed by atoms with Gasteiger partial charge in [0.2, 0.25) is 0 Å². The molecule has 9 aromatic rings. The first kappa shape index (κ1) is 39.4. The number of fused-ring (bicyclic) bond motifs is 4. The molecule has 0 radical (unpaired) electrons. The third kappa shape index (κ3) is 7.27. The highest BCUT2D eigenvalue weighted by molar-refractivity contribution is 5.97. The van der Waals surface area contributed by atoms with Crippen molar-refractivity contribution in [1.29, 1.82) is 0 Å². The van der Waals surface area contributed by atoms with Crippen molar-refractivity contribution < 1.29 is 4.74 Å². The lowest BCUT2D eigenvalue weighted by molar-refractivity contribution is 0.171. The topological polar surface area (TPSA) is 12.5 Å². The Morgan fingerprint density at radius 3 is 1.74 bits per heavy atom. The van der Waals surface area contributed by atoms with Crippen molar-refractivity contribution in [2.24, 2.45) is 0 Å². The zero-order valence-electron chi connectivity index (χ0n) is 36.5. The van der Waals surface area contributed by atoms with E-state index in [1.807, 2.05) is 0 Å². The zero-order chi connectivity index (χ0) is 43.8. The number of nitrogens with zero attached hydrogens (tertiary/aromatic N) is 1. The first-order valence-electron chi connectivity index (χ1n) is 23.1. The molecule has 66 heavy (non-hydrogen) atoms. The van der Waals surface area contributed by atoms with Gasteiger partial charge in [-0.15, -0.1) is 0 Å². The highest BCUT2D eigenvalue weighted by Gasteiger charge is 2.46. The molecule has 2 heteroatoms. The van der Waals surface area contributed by atoms with Crippen molar-refractivity contribution in [2.45, 2.75) is 24.5 Å². The van der Waals surface area contributed by atoms with Crippen LogP contribution in [0.2, 0.25) is 0 Å². The summed E-state index contributed by atoms with van der Waals surface area (Å²) in [6.45, 7) is 0. The standard InChI is InChI=1S/C64H47NO/c1-4-16-44(17-5-1)42-60-57-26-12-13-27-58(57)64-62(60)65(54-23-8-3-9-24-54)61-29-15-22-53(63(61)66-64)43-59(52-40-38-50(39-41-52)56-28-14-21-49-20-10-11-25-55(49)56)51-36-34-48(35-37-51)47-32-30-46(31-33-47)45-18-6-2-7-19-45/h1-41,43,60-61,63H,42H2/b59-43-/t60-,61?,63?/m1/s1. The SMILES string of the molecule is C1=CC2C(OC3=C([C@H](Cc4ccccc4)c4ccccc43)N2c2ccccc2)C(/C=C(/c2ccc(-c3ccc(-c4ccccc4)cc3)cc2)c2ccc(-c3cccc4ccccc34)cc2)=C1. The van der Waals surface area contributed by atoms with Gasteiger partial charge < -0.3 is 9.64 Å². The molecule has 2 nitrogen and oxygen atoms in total. The highest BCUT2D eigenvalue weighted by atomic mass is 16.5. The molecular formula is C64H47NO. The fourth-order valence-corrected chi connectivity index (χ4v) is 10.4. The largest absolute Gasteiger partial charge is 0.481 e. The van der Waals surface area contributed by atoms with Gasteiger partial charge in [0.1, 0.15) is 11.9 Å². The van der Waals surface area contributed by atoms with E-state index in [2.05, 4.69) is 260 Å². The Hall–Kier alpha value is -8.20. The van der Waals surface area contributed by atoms with E-state index in [-0.39, 0.29) is 18.1 Å². The van der Waals surface area contributed by atoms with Crippen molar-refractivity contribution >= 4 is 27.8 Å². The van der Waals surface area contributed by atoms with Crippen LogP contribution in [0.15, 0.2) is 266 Å². The number of rotatable bonds is 9. The molecule has 1 heterocycles. The average molecular weight is 846 g/mol. The first-order valence-corrected chi connectivity index (χ1v) is 23.1. The van der Waals surface area contributed by atoms with Gasteiger partial charge in [-0.05, 0) is 102 Å². The van der Waals surface area contributed by atoms with Crippen LogP contribution in [0.4, 0.5) is 5.69 Å². The third-order valence-corrected chi connectivity index (χ3v) is 13.6. The summed E-state index contributed by atoms with van der Waals surface area (Å²) in [6, 6.07) is 83.5. The molecule has 1 aliphatic heterocycles. The smallest absolute Gasteiger partial charge is 0.148 e. The maximum absolute atomic E-state index is 7.46. The predicted octanol–water partition coefficient (Wildman–Crippen LogP) is 15.8. The van der Waals surface area contributed by atoms with E-state index in [4.69, 9.17) is 4.74 Å². The maximum Gasteiger partial charge on any atom is 0.148 e. The average Bonchev–Trinajstić information content (AvgIpc) is 3.70. The summed E-state index contributed by atoms with van der Waals surface area (Å²) in [5.41, 5.74) is 18.0. The van der Waals surface area contributed by atoms with Gasteiger partial charge in [0, 0.05) is 17.2 Å². The minimum absolute atomic E-state index is 0.0637. The number of ether oxygens (including phenoxy) is 1. The van der Waals surface area contributed by atoms with Crippen LogP contribution in [-0.2, 0) is 11.2 Å². The molecule has 0 N–H and O–H groups in total. The lowest BCUT2D eigenvalue weighted by Gasteiger charge is -2.45. The number of hydrogen-bond donors (Lipinski definition) is 0. The van der Waals surface area contributed by atoms with Crippen LogP contribution in [0.1, 0.15) is 33.7 Å². The molecule has 0 spiro atoms. The van der Waals surface area contributed by atoms with Gasteiger partial charge in [0.05, 0.1) is 11.7 Å². The fourth-order valence-electron chi connectivity index (χ4n) is 10.4. The van der Waals surface area contributed by atoms with Crippen LogP contribution in [0.25, 0.3) is 55.5 Å². The molecular weight excluding hydrogens is 799 g/mol. The molecule has 3 atom stereocenters. The summed E-state index contributed by atoms with van der Waals surface area (Å²) in [5.74, 6) is 1.12. The normalized spacial score (nSPS) is 17.5. The molecule has 12 rings (SSSR count). The van der Waals surface area contributed by atoms with E-state index in [0.717, 1.165) is 34.5 Å². The number of anilines is 1. The quantitative estimate of drug-likeness (QED) is 0.143. The fraction of sp³-hybridized carbons (Fsp3) is 0.0625. The molecule has 0 aromatic heterocycles. The molecule has 0 saturated heterocycles. The van der Waals surface area contributed by atoms with Gasteiger partial charge in [-0.3, -0.25) is 0 Å². The van der Waals surface area contributed by atoms with Crippen LogP contribution in [0.3, 0.4) is 0 Å². The second-order valence-electron chi connectivity index (χ2n) is 17.5. The minimum atomic E-state index is -0.259. The van der Waals surface area contributed by atoms with Crippen molar-refractivity contribution in [3.8, 4) is 33.4 Å². The van der Waals surface area contributed by atoms with Crippen molar-refractivity contribution in [2.75, 3.05) is 4.90 Å². The van der Waals surface area contributed by atoms with Crippen molar-refractivity contribution in [3.05, 3.63) is 294 Å². The molecule has 0 fully saturated rings. The van der Waals surface area contributed by atoms with E-state index >= 15 is 0 Å². The Bertz CT molecular complexity index is 3320. The van der Waals surface area contributed by atoms with Gasteiger partial charge in [-0.1, -0.05) is 237 Å². The van der Waals surface area contributed by atoms with Gasteiger partial charge in [0.25, 0.3) is 0 Å². The second kappa shape index (κ2) is 17.1. The minimum Gasteiger partial charge on any atom is -0.481 e. The molecule has 0 bridgehead atoms. The Balaban J connectivity index is 0.958. The lowest BCUT2D eigenvalue weighted by Crippen LogP contribution is -2.49. The van der Waals surface area contributed by atoms with Crippen LogP contribution in [0.5, 0.6) is 0 Å². The maximum atomic E-state index is 7.46. The molecule has 3 aliphatic rings. The van der Waals surface area contributed by atoms with Crippen LogP contribution >= 0.6 is 0 Å². The summed E-state index contributed by atoms with van der Waals surface area (Å²) in [6.07, 6.45) is 9.83. The number of hydrogen-bond acceptors (Lipinski definition) is 2. The predicted molar refractivity (Wildman–Crippen MR) is 275 cm³/mol. The Morgan fingerprint density at radius 1 is 0.485 bits per heavy atom. The third-order valence-electron chi connectivity index (χ3n) is 13.6. The molecule has 2 aliphatic carbocycles. The summed E-state index contributed by atoms with van der Waals surface area (Å²) < 4.78 is 7.46. The van der Waals surface area contributed by atoms with Crippen LogP contribution in [-0.4, -0.2) is 12.1 Å². The summed E-state index contributed by atoms with van der Waals surface area (Å²) in [4.78, 5) is 2.57. The first-order chi connectivity index (χ1) is 32.7. The lowest BCUT2D eigenvalue weighted by atomic mass is 9.86. The van der Waals surface area contributed by atoms with E-state index in [1.54, 1.807) is 0 Å². The van der Waals surface area contributed by atoms with Gasteiger partial charge in [-0.2, -0.15) is 0 Å². The molecule has 0 amide bonds. The van der Waals surface area contributed by atoms with Crippen LogP contribution in [0, 0.1) is 0 Å². The van der Waals surface area contributed by atoms with Crippen molar-refractivity contribution in [3.63, 3.8) is 0 Å². The molecule has 314 valence electrons. The number of benzene rings is 9. The van der Waals surface area contributed by atoms with Crippen LogP contribution < -0.4 is 4.90 Å². The van der Waals surface area contributed by atoms with Gasteiger partial charge >= 0.3 is 0 Å². The van der Waals surface area contributed by atoms with E-state index < -0.39 is 0 Å².